The van der Waals surface area contributed by atoms with E-state index in [2.05, 4.69) is 5.32 Å². The van der Waals surface area contributed by atoms with Crippen molar-refractivity contribution in [3.63, 3.8) is 0 Å². The van der Waals surface area contributed by atoms with E-state index in [9.17, 15) is 0 Å². The number of aliphatic hydroxyl groups is 1. The number of ether oxygens (including phenoxy) is 1. The van der Waals surface area contributed by atoms with Crippen LogP contribution in [0.1, 0.15) is 13.3 Å². The van der Waals surface area contributed by atoms with Gasteiger partial charge in [0.1, 0.15) is 0 Å². The summed E-state index contributed by atoms with van der Waals surface area (Å²) < 4.78 is 5.36. The largest absolute Gasteiger partial charge is 0.395 e. The predicted octanol–water partition coefficient (Wildman–Crippen LogP) is -0.254. The number of hydrogen-bond acceptors (Lipinski definition) is 3. The van der Waals surface area contributed by atoms with Crippen LogP contribution in [-0.2, 0) is 4.74 Å². The number of aliphatic hydroxyl groups excluding tert-OH is 1. The van der Waals surface area contributed by atoms with Gasteiger partial charge in [-0.1, -0.05) is 0 Å². The zero-order chi connectivity index (χ0) is 7.40. The van der Waals surface area contributed by atoms with Crippen LogP contribution in [0.15, 0.2) is 0 Å². The fourth-order valence-corrected chi connectivity index (χ4v) is 1.28. The molecule has 0 saturated carbocycles. The third-order valence-electron chi connectivity index (χ3n) is 1.80. The second-order valence-electron chi connectivity index (χ2n) is 2.60. The minimum atomic E-state index is 0.226. The van der Waals surface area contributed by atoms with Crippen LogP contribution in [0.4, 0.5) is 0 Å². The Morgan fingerprint density at radius 3 is 3.00 bits per heavy atom. The van der Waals surface area contributed by atoms with Crippen LogP contribution in [0.5, 0.6) is 0 Å². The fourth-order valence-electron chi connectivity index (χ4n) is 1.28. The van der Waals surface area contributed by atoms with E-state index < -0.39 is 0 Å². The van der Waals surface area contributed by atoms with Crippen molar-refractivity contribution in [1.82, 2.24) is 5.32 Å². The van der Waals surface area contributed by atoms with Crippen LogP contribution >= 0.6 is 0 Å². The van der Waals surface area contributed by atoms with Crippen molar-refractivity contribution in [2.24, 2.45) is 0 Å². The van der Waals surface area contributed by atoms with E-state index in [0.29, 0.717) is 6.10 Å². The summed E-state index contributed by atoms with van der Waals surface area (Å²) in [5.74, 6) is 0. The molecule has 2 atom stereocenters. The molecule has 1 heterocycles. The molecule has 0 radical (unpaired) electrons. The zero-order valence-electron chi connectivity index (χ0n) is 6.34. The maximum absolute atomic E-state index is 8.73. The monoisotopic (exact) mass is 145 g/mol. The first-order valence-electron chi connectivity index (χ1n) is 3.82. The van der Waals surface area contributed by atoms with Gasteiger partial charge in [-0.15, -0.1) is 0 Å². The van der Waals surface area contributed by atoms with Gasteiger partial charge in [0.25, 0.3) is 0 Å². The molecule has 0 aliphatic carbocycles. The minimum absolute atomic E-state index is 0.226. The molecule has 0 aromatic carbocycles. The van der Waals surface area contributed by atoms with Crippen LogP contribution in [0, 0.1) is 0 Å². The van der Waals surface area contributed by atoms with Crippen molar-refractivity contribution in [1.29, 1.82) is 0 Å². The van der Waals surface area contributed by atoms with Gasteiger partial charge >= 0.3 is 0 Å². The van der Waals surface area contributed by atoms with Gasteiger partial charge in [0.05, 0.1) is 12.7 Å². The van der Waals surface area contributed by atoms with Crippen molar-refractivity contribution in [3.8, 4) is 0 Å². The Morgan fingerprint density at radius 1 is 1.70 bits per heavy atom. The summed E-state index contributed by atoms with van der Waals surface area (Å²) >= 11 is 0. The van der Waals surface area contributed by atoms with Crippen LogP contribution in [0.25, 0.3) is 0 Å². The Bertz CT molecular complexity index is 97.6. The van der Waals surface area contributed by atoms with Crippen LogP contribution in [-0.4, -0.2) is 37.0 Å². The average molecular weight is 145 g/mol. The van der Waals surface area contributed by atoms with E-state index in [0.717, 1.165) is 19.6 Å². The van der Waals surface area contributed by atoms with Crippen LogP contribution in [0.2, 0.25) is 0 Å². The Morgan fingerprint density at radius 2 is 2.50 bits per heavy atom. The van der Waals surface area contributed by atoms with Crippen LogP contribution < -0.4 is 5.32 Å². The van der Waals surface area contributed by atoms with Gasteiger partial charge in [-0.05, 0) is 13.3 Å². The summed E-state index contributed by atoms with van der Waals surface area (Å²) in [6, 6.07) is 0.261. The molecule has 0 aromatic rings. The van der Waals surface area contributed by atoms with E-state index in [1.807, 2.05) is 6.92 Å². The summed E-state index contributed by atoms with van der Waals surface area (Å²) in [4.78, 5) is 0. The van der Waals surface area contributed by atoms with Gasteiger partial charge in [-0.25, -0.2) is 0 Å². The average Bonchev–Trinajstić information content (AvgIpc) is 2.37. The summed E-state index contributed by atoms with van der Waals surface area (Å²) in [5, 5.41) is 11.9. The van der Waals surface area contributed by atoms with Gasteiger partial charge in [0, 0.05) is 19.2 Å². The topological polar surface area (TPSA) is 41.5 Å². The number of hydrogen-bond donors (Lipinski definition) is 2. The van der Waals surface area contributed by atoms with Crippen molar-refractivity contribution in [2.45, 2.75) is 25.5 Å². The van der Waals surface area contributed by atoms with Crippen molar-refractivity contribution >= 4 is 0 Å². The molecule has 1 rings (SSSR count). The normalized spacial score (nSPS) is 33.0. The van der Waals surface area contributed by atoms with E-state index >= 15 is 0 Å². The Hall–Kier alpha value is -0.120. The molecule has 1 aliphatic heterocycles. The summed E-state index contributed by atoms with van der Waals surface area (Å²) in [5.41, 5.74) is 0. The van der Waals surface area contributed by atoms with Crippen molar-refractivity contribution in [2.75, 3.05) is 19.8 Å². The standard InChI is InChI=1S/C7H15NO2/c1-2-10-7-3-6(5-9)8-4-7/h6-9H,2-5H2,1H3/t6-,7-/m1/s1. The maximum Gasteiger partial charge on any atom is 0.0715 e. The highest BCUT2D eigenvalue weighted by Gasteiger charge is 2.22. The van der Waals surface area contributed by atoms with Crippen molar-refractivity contribution < 1.29 is 9.84 Å². The first-order valence-corrected chi connectivity index (χ1v) is 3.82. The number of nitrogens with one attached hydrogen (secondary N) is 1. The molecule has 1 fully saturated rings. The summed E-state index contributed by atoms with van der Waals surface area (Å²) in [6.45, 7) is 3.87. The van der Waals surface area contributed by atoms with Gasteiger partial charge in [0.2, 0.25) is 0 Å². The van der Waals surface area contributed by atoms with E-state index in [-0.39, 0.29) is 12.6 Å². The lowest BCUT2D eigenvalue weighted by Crippen LogP contribution is -2.24. The van der Waals surface area contributed by atoms with Gasteiger partial charge in [-0.2, -0.15) is 0 Å². The SMILES string of the molecule is CCO[C@H]1CN[C@@H](CO)C1. The zero-order valence-corrected chi connectivity index (χ0v) is 6.34. The fraction of sp³-hybridized carbons (Fsp3) is 1.00. The molecule has 60 valence electrons. The maximum atomic E-state index is 8.73. The molecular weight excluding hydrogens is 130 g/mol. The molecule has 0 spiro atoms. The smallest absolute Gasteiger partial charge is 0.0715 e. The molecule has 2 N–H and O–H groups in total. The van der Waals surface area contributed by atoms with Gasteiger partial charge < -0.3 is 15.2 Å². The Labute approximate surface area is 61.4 Å². The molecule has 0 aromatic heterocycles. The highest BCUT2D eigenvalue weighted by atomic mass is 16.5. The lowest BCUT2D eigenvalue weighted by molar-refractivity contribution is 0.0739. The number of rotatable bonds is 3. The molecule has 0 amide bonds. The third-order valence-corrected chi connectivity index (χ3v) is 1.80. The molecule has 3 nitrogen and oxygen atoms in total. The second-order valence-corrected chi connectivity index (χ2v) is 2.60. The van der Waals surface area contributed by atoms with Gasteiger partial charge in [0.15, 0.2) is 0 Å². The first-order chi connectivity index (χ1) is 4.86. The first kappa shape index (κ1) is 7.98. The third kappa shape index (κ3) is 1.94. The molecule has 0 bridgehead atoms. The van der Waals surface area contributed by atoms with Crippen molar-refractivity contribution in [3.05, 3.63) is 0 Å². The molecule has 3 heteroatoms. The highest BCUT2D eigenvalue weighted by Crippen LogP contribution is 2.08. The quantitative estimate of drug-likeness (QED) is 0.575. The van der Waals surface area contributed by atoms with E-state index in [1.165, 1.54) is 0 Å². The summed E-state index contributed by atoms with van der Waals surface area (Å²) in [7, 11) is 0. The molecule has 1 saturated heterocycles. The minimum Gasteiger partial charge on any atom is -0.395 e. The Balaban J connectivity index is 2.15. The summed E-state index contributed by atoms with van der Waals surface area (Å²) in [6.07, 6.45) is 1.27. The molecular formula is C7H15NO2. The second kappa shape index (κ2) is 3.91. The molecule has 1 aliphatic rings. The molecule has 0 unspecified atom stereocenters. The highest BCUT2D eigenvalue weighted by molar-refractivity contribution is 4.81. The van der Waals surface area contributed by atoms with E-state index in [1.54, 1.807) is 0 Å². The Kier molecular flexibility index (Phi) is 3.12. The lowest BCUT2D eigenvalue weighted by atomic mass is 10.2. The van der Waals surface area contributed by atoms with Gasteiger partial charge in [-0.3, -0.25) is 0 Å². The predicted molar refractivity (Wildman–Crippen MR) is 38.9 cm³/mol. The molecule has 10 heavy (non-hydrogen) atoms. The van der Waals surface area contributed by atoms with E-state index in [4.69, 9.17) is 9.84 Å². The lowest BCUT2D eigenvalue weighted by Gasteiger charge is -2.07. The van der Waals surface area contributed by atoms with Crippen LogP contribution in [0.3, 0.4) is 0 Å².